The maximum Gasteiger partial charge on any atom is 0.288 e. The molecule has 0 aliphatic rings. The molecule has 9 heteroatoms. The van der Waals surface area contributed by atoms with Crippen molar-refractivity contribution in [3.8, 4) is 11.4 Å². The molecule has 0 aliphatic heterocycles. The Bertz CT molecular complexity index is 874. The predicted molar refractivity (Wildman–Crippen MR) is 99.5 cm³/mol. The molecule has 0 aliphatic carbocycles. The number of anilines is 1. The first-order chi connectivity index (χ1) is 12.6. The normalized spacial score (nSPS) is 10.9. The number of hydrogen-bond acceptors (Lipinski definition) is 5. The fraction of sp³-hybridized carbons (Fsp3) is 0.118. The minimum Gasteiger partial charge on any atom is -0.324 e. The number of rotatable bonds is 7. The van der Waals surface area contributed by atoms with E-state index in [1.165, 1.54) is 0 Å². The minimum atomic E-state index is -2.55. The topological polar surface area (TPSA) is 70.7 Å². The number of H-pyrrole nitrogens is 1. The molecular formula is C17H14F2N4OS2. The Morgan fingerprint density at radius 3 is 2.62 bits per heavy atom. The minimum absolute atomic E-state index is 0.0692. The molecule has 1 amide bonds. The van der Waals surface area contributed by atoms with Gasteiger partial charge in [0.05, 0.1) is 11.4 Å². The van der Waals surface area contributed by atoms with Gasteiger partial charge in [0.25, 0.3) is 5.76 Å². The number of thioether (sulfide) groups is 2. The molecule has 0 saturated heterocycles. The third-order valence-electron chi connectivity index (χ3n) is 3.22. The molecule has 3 rings (SSSR count). The molecule has 0 radical (unpaired) electrons. The Morgan fingerprint density at radius 1 is 1.12 bits per heavy atom. The van der Waals surface area contributed by atoms with Crippen LogP contribution in [0.1, 0.15) is 0 Å². The summed E-state index contributed by atoms with van der Waals surface area (Å²) in [5.74, 6) is -2.18. The summed E-state index contributed by atoms with van der Waals surface area (Å²) in [6, 6.07) is 16.0. The highest BCUT2D eigenvalue weighted by atomic mass is 32.2. The summed E-state index contributed by atoms with van der Waals surface area (Å²) in [5, 5.41) is 9.98. The van der Waals surface area contributed by atoms with Gasteiger partial charge in [-0.3, -0.25) is 9.89 Å². The van der Waals surface area contributed by atoms with Gasteiger partial charge in [0.1, 0.15) is 0 Å². The number of nitrogens with one attached hydrogen (secondary N) is 2. The highest BCUT2D eigenvalue weighted by Gasteiger charge is 2.13. The highest BCUT2D eigenvalue weighted by molar-refractivity contribution is 8.00. The first-order valence-corrected chi connectivity index (χ1v) is 9.42. The second-order valence-corrected chi connectivity index (χ2v) is 7.02. The number of carbonyl (C=O) groups excluding carboxylic acids is 1. The number of benzene rings is 2. The van der Waals surface area contributed by atoms with Gasteiger partial charge in [-0.2, -0.15) is 8.78 Å². The van der Waals surface area contributed by atoms with E-state index >= 15 is 0 Å². The summed E-state index contributed by atoms with van der Waals surface area (Å²) >= 11 is 1.56. The standard InChI is InChI=1S/C17H14F2N4OS2/c18-16(19)26-13-9-5-4-8-12(13)20-14(24)10-25-17-21-15(22-23-17)11-6-2-1-3-7-11/h1-9,16H,10H2,(H,20,24)(H,21,22,23). The molecule has 0 atom stereocenters. The Hall–Kier alpha value is -2.39. The van der Waals surface area contributed by atoms with Crippen molar-refractivity contribution in [2.45, 2.75) is 15.8 Å². The largest absolute Gasteiger partial charge is 0.324 e. The highest BCUT2D eigenvalue weighted by Crippen LogP contribution is 2.31. The summed E-state index contributed by atoms with van der Waals surface area (Å²) in [6.07, 6.45) is 0. The molecule has 0 unspecified atom stereocenters. The van der Waals surface area contributed by atoms with Gasteiger partial charge >= 0.3 is 0 Å². The predicted octanol–water partition coefficient (Wildman–Crippen LogP) is 4.52. The van der Waals surface area contributed by atoms with Crippen molar-refractivity contribution < 1.29 is 13.6 Å². The number of aromatic amines is 1. The number of hydrogen-bond donors (Lipinski definition) is 2. The van der Waals surface area contributed by atoms with E-state index in [9.17, 15) is 13.6 Å². The molecule has 0 spiro atoms. The first kappa shape index (κ1) is 18.4. The average molecular weight is 392 g/mol. The van der Waals surface area contributed by atoms with Gasteiger partial charge in [-0.15, -0.1) is 5.10 Å². The smallest absolute Gasteiger partial charge is 0.288 e. The summed E-state index contributed by atoms with van der Waals surface area (Å²) in [7, 11) is 0. The number of para-hydroxylation sites is 1. The fourth-order valence-electron chi connectivity index (χ4n) is 2.12. The van der Waals surface area contributed by atoms with Crippen molar-refractivity contribution in [3.05, 3.63) is 54.6 Å². The van der Waals surface area contributed by atoms with Crippen LogP contribution in [0, 0.1) is 0 Å². The van der Waals surface area contributed by atoms with Gasteiger partial charge in [0.2, 0.25) is 11.1 Å². The Balaban J connectivity index is 1.58. The molecule has 134 valence electrons. The van der Waals surface area contributed by atoms with Crippen LogP contribution in [0.25, 0.3) is 11.4 Å². The van der Waals surface area contributed by atoms with Gasteiger partial charge < -0.3 is 5.32 Å². The molecular weight excluding hydrogens is 378 g/mol. The van der Waals surface area contributed by atoms with Gasteiger partial charge in [-0.05, 0) is 12.1 Å². The lowest BCUT2D eigenvalue weighted by molar-refractivity contribution is -0.113. The van der Waals surface area contributed by atoms with Crippen LogP contribution in [0.5, 0.6) is 0 Å². The Kier molecular flexibility index (Phi) is 6.24. The van der Waals surface area contributed by atoms with Crippen LogP contribution in [-0.4, -0.2) is 32.6 Å². The SMILES string of the molecule is O=C(CSc1n[nH]c(-c2ccccc2)n1)Nc1ccccc1SC(F)F. The average Bonchev–Trinajstić information content (AvgIpc) is 3.11. The zero-order valence-corrected chi connectivity index (χ0v) is 15.0. The lowest BCUT2D eigenvalue weighted by atomic mass is 10.2. The van der Waals surface area contributed by atoms with E-state index in [0.29, 0.717) is 33.3 Å². The van der Waals surface area contributed by atoms with Crippen molar-refractivity contribution >= 4 is 35.1 Å². The molecule has 2 aromatic carbocycles. The number of alkyl halides is 2. The monoisotopic (exact) mass is 392 g/mol. The van der Waals surface area contributed by atoms with Gasteiger partial charge in [-0.25, -0.2) is 4.98 Å². The van der Waals surface area contributed by atoms with Gasteiger partial charge in [-0.1, -0.05) is 66.0 Å². The summed E-state index contributed by atoms with van der Waals surface area (Å²) in [4.78, 5) is 16.8. The van der Waals surface area contributed by atoms with Crippen molar-refractivity contribution in [1.82, 2.24) is 15.2 Å². The molecule has 0 saturated carbocycles. The van der Waals surface area contributed by atoms with Gasteiger partial charge in [0, 0.05) is 10.5 Å². The van der Waals surface area contributed by atoms with Gasteiger partial charge in [0.15, 0.2) is 5.82 Å². The van der Waals surface area contributed by atoms with Crippen LogP contribution in [-0.2, 0) is 4.79 Å². The first-order valence-electron chi connectivity index (χ1n) is 7.56. The van der Waals surface area contributed by atoms with E-state index in [0.717, 1.165) is 17.3 Å². The van der Waals surface area contributed by atoms with Crippen LogP contribution in [0.4, 0.5) is 14.5 Å². The van der Waals surface area contributed by atoms with Crippen LogP contribution >= 0.6 is 23.5 Å². The Labute approximate surface area is 157 Å². The molecule has 0 bridgehead atoms. The van der Waals surface area contributed by atoms with Crippen molar-refractivity contribution in [2.24, 2.45) is 0 Å². The Morgan fingerprint density at radius 2 is 1.85 bits per heavy atom. The number of carbonyl (C=O) groups is 1. The summed E-state index contributed by atoms with van der Waals surface area (Å²) in [5.41, 5.74) is 1.26. The number of amides is 1. The molecule has 5 nitrogen and oxygen atoms in total. The molecule has 0 fully saturated rings. The van der Waals surface area contributed by atoms with Crippen LogP contribution in [0.2, 0.25) is 0 Å². The van der Waals surface area contributed by atoms with Crippen molar-refractivity contribution in [3.63, 3.8) is 0 Å². The van der Waals surface area contributed by atoms with Crippen molar-refractivity contribution in [1.29, 1.82) is 0 Å². The van der Waals surface area contributed by atoms with Crippen molar-refractivity contribution in [2.75, 3.05) is 11.1 Å². The number of aromatic nitrogens is 3. The maximum atomic E-state index is 12.6. The van der Waals surface area contributed by atoms with E-state index in [1.807, 2.05) is 30.3 Å². The van der Waals surface area contributed by atoms with Crippen LogP contribution in [0.3, 0.4) is 0 Å². The summed E-state index contributed by atoms with van der Waals surface area (Å²) in [6.45, 7) is 0. The van der Waals surface area contributed by atoms with E-state index in [2.05, 4.69) is 20.5 Å². The van der Waals surface area contributed by atoms with Crippen LogP contribution in [0.15, 0.2) is 64.6 Å². The van der Waals surface area contributed by atoms with E-state index in [1.54, 1.807) is 24.3 Å². The molecule has 3 aromatic rings. The lowest BCUT2D eigenvalue weighted by Gasteiger charge is -2.09. The number of nitrogens with zero attached hydrogens (tertiary/aromatic N) is 2. The fourth-order valence-corrected chi connectivity index (χ4v) is 3.31. The maximum absolute atomic E-state index is 12.6. The molecule has 1 aromatic heterocycles. The van der Waals surface area contributed by atoms with Crippen LogP contribution < -0.4 is 5.32 Å². The molecule has 1 heterocycles. The second kappa shape index (κ2) is 8.81. The van der Waals surface area contributed by atoms with E-state index < -0.39 is 5.76 Å². The van der Waals surface area contributed by atoms with E-state index in [4.69, 9.17) is 0 Å². The number of halogens is 2. The zero-order chi connectivity index (χ0) is 18.4. The lowest BCUT2D eigenvalue weighted by Crippen LogP contribution is -2.14. The van der Waals surface area contributed by atoms with E-state index in [-0.39, 0.29) is 11.7 Å². The second-order valence-electron chi connectivity index (χ2n) is 5.04. The summed E-state index contributed by atoms with van der Waals surface area (Å²) < 4.78 is 25.2. The molecule has 26 heavy (non-hydrogen) atoms. The third-order valence-corrected chi connectivity index (χ3v) is 4.86. The molecule has 2 N–H and O–H groups in total. The third kappa shape index (κ3) is 5.06. The quantitative estimate of drug-likeness (QED) is 0.579. The zero-order valence-electron chi connectivity index (χ0n) is 13.4.